The molecule has 0 fully saturated rings. The number of hydrogen-bond acceptors (Lipinski definition) is 3. The average Bonchev–Trinajstić information content (AvgIpc) is 3.01. The third-order valence-electron chi connectivity index (χ3n) is 4.60. The van der Waals surface area contributed by atoms with Gasteiger partial charge in [-0.1, -0.05) is 38.7 Å². The zero-order valence-corrected chi connectivity index (χ0v) is 15.6. The normalized spacial score (nSPS) is 18.0. The van der Waals surface area contributed by atoms with Gasteiger partial charge < -0.3 is 5.11 Å². The van der Waals surface area contributed by atoms with E-state index in [-0.39, 0.29) is 5.57 Å². The van der Waals surface area contributed by atoms with E-state index in [1.807, 2.05) is 6.07 Å². The molecule has 0 aromatic carbocycles. The fourth-order valence-corrected chi connectivity index (χ4v) is 4.80. The van der Waals surface area contributed by atoms with Crippen molar-refractivity contribution in [2.24, 2.45) is 0 Å². The van der Waals surface area contributed by atoms with Gasteiger partial charge in [0, 0.05) is 11.9 Å². The second-order valence-corrected chi connectivity index (χ2v) is 8.40. The van der Waals surface area contributed by atoms with Gasteiger partial charge in [0.15, 0.2) is 0 Å². The van der Waals surface area contributed by atoms with Crippen molar-refractivity contribution in [3.63, 3.8) is 0 Å². The third kappa shape index (κ3) is 5.36. The van der Waals surface area contributed by atoms with Crippen LogP contribution in [0.1, 0.15) is 64.0 Å². The van der Waals surface area contributed by atoms with Crippen LogP contribution < -0.4 is 4.83 Å². The molecule has 0 aliphatic heterocycles. The number of carboxylic acid groups (broad SMARTS) is 1. The van der Waals surface area contributed by atoms with E-state index < -0.39 is 21.2 Å². The van der Waals surface area contributed by atoms with Gasteiger partial charge >= 0.3 is 5.97 Å². The van der Waals surface area contributed by atoms with Gasteiger partial charge in [0.1, 0.15) is 5.25 Å². The van der Waals surface area contributed by atoms with E-state index in [9.17, 15) is 18.3 Å². The standard InChI is InChI=1S/C18H28N2O4S/c1-2-3-4-5-6-10-15-11-9-14-20(15)19-25(23,24)17-13-8-7-12-16(17)18(21)22/h9,11-12,14,17,19H,2-8,10,13H2,1H3,(H,21,22). The molecule has 1 atom stereocenters. The number of aliphatic carboxylic acids is 1. The first-order chi connectivity index (χ1) is 12.0. The molecule has 1 aromatic rings. The summed E-state index contributed by atoms with van der Waals surface area (Å²) < 4.78 is 26.9. The lowest BCUT2D eigenvalue weighted by Gasteiger charge is -2.23. The first-order valence-electron chi connectivity index (χ1n) is 9.07. The Morgan fingerprint density at radius 3 is 2.80 bits per heavy atom. The topological polar surface area (TPSA) is 88.4 Å². The molecule has 0 spiro atoms. The van der Waals surface area contributed by atoms with Gasteiger partial charge in [0.05, 0.1) is 5.57 Å². The lowest BCUT2D eigenvalue weighted by molar-refractivity contribution is -0.132. The maximum atomic E-state index is 12.7. The van der Waals surface area contributed by atoms with Gasteiger partial charge in [-0.25, -0.2) is 18.0 Å². The summed E-state index contributed by atoms with van der Waals surface area (Å²) in [5.41, 5.74) is 0.878. The number of allylic oxidation sites excluding steroid dienone is 1. The Labute approximate surface area is 150 Å². The van der Waals surface area contributed by atoms with E-state index in [1.165, 1.54) is 30.0 Å². The Hall–Kier alpha value is -1.76. The first kappa shape index (κ1) is 19.6. The van der Waals surface area contributed by atoms with Crippen LogP contribution in [0.25, 0.3) is 0 Å². The number of carbonyl (C=O) groups is 1. The number of nitrogens with one attached hydrogen (secondary N) is 1. The molecule has 0 saturated carbocycles. The molecule has 6 nitrogen and oxygen atoms in total. The van der Waals surface area contributed by atoms with Crippen LogP contribution in [-0.2, 0) is 21.2 Å². The van der Waals surface area contributed by atoms with E-state index in [0.29, 0.717) is 19.3 Å². The van der Waals surface area contributed by atoms with Gasteiger partial charge in [-0.05, 0) is 44.2 Å². The van der Waals surface area contributed by atoms with E-state index >= 15 is 0 Å². The molecule has 7 heteroatoms. The van der Waals surface area contributed by atoms with Crippen molar-refractivity contribution in [1.29, 1.82) is 0 Å². The Morgan fingerprint density at radius 1 is 1.32 bits per heavy atom. The maximum absolute atomic E-state index is 12.7. The van der Waals surface area contributed by atoms with Crippen molar-refractivity contribution in [2.45, 2.75) is 70.0 Å². The highest BCUT2D eigenvalue weighted by molar-refractivity contribution is 7.93. The molecule has 2 rings (SSSR count). The smallest absolute Gasteiger partial charge is 0.332 e. The van der Waals surface area contributed by atoms with Crippen LogP contribution in [0.5, 0.6) is 0 Å². The van der Waals surface area contributed by atoms with Gasteiger partial charge in [0.2, 0.25) is 0 Å². The number of carboxylic acids is 1. The summed E-state index contributed by atoms with van der Waals surface area (Å²) in [6.45, 7) is 2.17. The monoisotopic (exact) mass is 368 g/mol. The molecule has 1 unspecified atom stereocenters. The number of rotatable bonds is 10. The number of unbranched alkanes of at least 4 members (excludes halogenated alkanes) is 4. The predicted octanol–water partition coefficient (Wildman–Crippen LogP) is 3.44. The van der Waals surface area contributed by atoms with Crippen LogP contribution in [0.3, 0.4) is 0 Å². The molecular formula is C18H28N2O4S. The quantitative estimate of drug-likeness (QED) is 0.619. The van der Waals surface area contributed by atoms with Crippen molar-refractivity contribution in [1.82, 2.24) is 4.68 Å². The summed E-state index contributed by atoms with van der Waals surface area (Å²) in [7, 11) is -3.80. The summed E-state index contributed by atoms with van der Waals surface area (Å²) in [5, 5.41) is 8.27. The van der Waals surface area contributed by atoms with Crippen molar-refractivity contribution < 1.29 is 18.3 Å². The van der Waals surface area contributed by atoms with Gasteiger partial charge in [-0.15, -0.1) is 0 Å². The number of aromatic nitrogens is 1. The van der Waals surface area contributed by atoms with Crippen LogP contribution in [0.2, 0.25) is 0 Å². The number of aryl methyl sites for hydroxylation is 1. The lowest BCUT2D eigenvalue weighted by atomic mass is 9.99. The summed E-state index contributed by atoms with van der Waals surface area (Å²) in [6, 6.07) is 3.70. The highest BCUT2D eigenvalue weighted by atomic mass is 32.2. The number of hydrogen-bond donors (Lipinski definition) is 2. The van der Waals surface area contributed by atoms with Gasteiger partial charge in [0.25, 0.3) is 10.0 Å². The average molecular weight is 368 g/mol. The van der Waals surface area contributed by atoms with E-state index in [4.69, 9.17) is 0 Å². The molecule has 1 aromatic heterocycles. The molecule has 0 saturated heterocycles. The highest BCUT2D eigenvalue weighted by Gasteiger charge is 2.34. The molecule has 1 aliphatic rings. The van der Waals surface area contributed by atoms with Gasteiger partial charge in [-0.3, -0.25) is 4.68 Å². The Kier molecular flexibility index (Phi) is 7.11. The van der Waals surface area contributed by atoms with Crippen molar-refractivity contribution >= 4 is 16.0 Å². The highest BCUT2D eigenvalue weighted by Crippen LogP contribution is 2.25. The van der Waals surface area contributed by atoms with Crippen molar-refractivity contribution in [2.75, 3.05) is 4.83 Å². The fourth-order valence-electron chi connectivity index (χ4n) is 3.21. The zero-order valence-electron chi connectivity index (χ0n) is 14.8. The fraction of sp³-hybridized carbons (Fsp3) is 0.611. The molecular weight excluding hydrogens is 340 g/mol. The molecule has 25 heavy (non-hydrogen) atoms. The maximum Gasteiger partial charge on any atom is 0.332 e. The minimum absolute atomic E-state index is 0.0213. The third-order valence-corrected chi connectivity index (χ3v) is 6.29. The van der Waals surface area contributed by atoms with Gasteiger partial charge in [-0.2, -0.15) is 0 Å². The van der Waals surface area contributed by atoms with Crippen molar-refractivity contribution in [3.8, 4) is 0 Å². The summed E-state index contributed by atoms with van der Waals surface area (Å²) in [4.78, 5) is 13.9. The molecule has 1 aliphatic carbocycles. The van der Waals surface area contributed by atoms with E-state index in [2.05, 4.69) is 11.8 Å². The molecule has 0 amide bonds. The molecule has 2 N–H and O–H groups in total. The Balaban J connectivity index is 2.03. The van der Waals surface area contributed by atoms with Crippen LogP contribution in [0, 0.1) is 0 Å². The predicted molar refractivity (Wildman–Crippen MR) is 98.5 cm³/mol. The van der Waals surface area contributed by atoms with E-state index in [0.717, 1.165) is 25.0 Å². The largest absolute Gasteiger partial charge is 0.478 e. The Bertz CT molecular complexity index is 706. The summed E-state index contributed by atoms with van der Waals surface area (Å²) in [6.07, 6.45) is 11.4. The molecule has 140 valence electrons. The second-order valence-electron chi connectivity index (χ2n) is 6.55. The molecule has 1 heterocycles. The molecule has 0 bridgehead atoms. The van der Waals surface area contributed by atoms with Crippen LogP contribution in [0.15, 0.2) is 30.0 Å². The second kappa shape index (κ2) is 9.08. The minimum Gasteiger partial charge on any atom is -0.478 e. The van der Waals surface area contributed by atoms with Crippen LogP contribution in [0.4, 0.5) is 0 Å². The number of nitrogens with zero attached hydrogens (tertiary/aromatic N) is 1. The van der Waals surface area contributed by atoms with Crippen LogP contribution >= 0.6 is 0 Å². The van der Waals surface area contributed by atoms with E-state index in [1.54, 1.807) is 12.3 Å². The van der Waals surface area contributed by atoms with Crippen molar-refractivity contribution in [3.05, 3.63) is 35.7 Å². The number of sulfonamides is 1. The van der Waals surface area contributed by atoms with Crippen LogP contribution in [-0.4, -0.2) is 29.4 Å². The SMILES string of the molecule is CCCCCCCc1cccn1NS(=O)(=O)C1CCCC=C1C(=O)O. The first-order valence-corrected chi connectivity index (χ1v) is 10.6. The summed E-state index contributed by atoms with van der Waals surface area (Å²) >= 11 is 0. The molecule has 0 radical (unpaired) electrons. The Morgan fingerprint density at radius 2 is 2.08 bits per heavy atom. The zero-order chi connectivity index (χ0) is 18.3. The minimum atomic E-state index is -3.80. The lowest BCUT2D eigenvalue weighted by Crippen LogP contribution is -2.37. The summed E-state index contributed by atoms with van der Waals surface area (Å²) in [5.74, 6) is -1.15.